The SMILES string of the molecule is COc1ccc(NC(=O)CN(c2ccc(Cl)c(Cl)c2)S(C)(=O)=O)cc1S(=O)(=O)N1CCOCC1. The van der Waals surface area contributed by atoms with Crippen molar-refractivity contribution in [2.45, 2.75) is 4.90 Å². The van der Waals surface area contributed by atoms with E-state index in [0.717, 1.165) is 10.6 Å². The minimum Gasteiger partial charge on any atom is -0.495 e. The van der Waals surface area contributed by atoms with Crippen LogP contribution in [-0.4, -0.2) is 73.3 Å². The van der Waals surface area contributed by atoms with Gasteiger partial charge in [0.05, 0.1) is 42.3 Å². The molecule has 0 unspecified atom stereocenters. The molecule has 2 aromatic carbocycles. The Morgan fingerprint density at radius 2 is 1.76 bits per heavy atom. The maximum atomic E-state index is 13.1. The van der Waals surface area contributed by atoms with Gasteiger partial charge in [-0.3, -0.25) is 9.10 Å². The third kappa shape index (κ3) is 6.12. The van der Waals surface area contributed by atoms with Crippen molar-refractivity contribution in [1.29, 1.82) is 0 Å². The zero-order valence-electron chi connectivity index (χ0n) is 18.3. The van der Waals surface area contributed by atoms with E-state index in [2.05, 4.69) is 5.32 Å². The number of halogens is 2. The van der Waals surface area contributed by atoms with E-state index in [1.165, 1.54) is 47.8 Å². The highest BCUT2D eigenvalue weighted by atomic mass is 35.5. The fraction of sp³-hybridized carbons (Fsp3) is 0.350. The molecule has 3 rings (SSSR count). The number of morpholine rings is 1. The van der Waals surface area contributed by atoms with Crippen molar-refractivity contribution in [3.05, 3.63) is 46.4 Å². The van der Waals surface area contributed by atoms with Crippen LogP contribution in [-0.2, 0) is 29.6 Å². The number of hydrogen-bond donors (Lipinski definition) is 1. The molecule has 1 aliphatic heterocycles. The third-order valence-electron chi connectivity index (χ3n) is 4.91. The van der Waals surface area contributed by atoms with Crippen LogP contribution >= 0.6 is 23.2 Å². The van der Waals surface area contributed by atoms with Gasteiger partial charge in [0.15, 0.2) is 0 Å². The van der Waals surface area contributed by atoms with Gasteiger partial charge in [-0.1, -0.05) is 23.2 Å². The van der Waals surface area contributed by atoms with Crippen molar-refractivity contribution in [3.63, 3.8) is 0 Å². The van der Waals surface area contributed by atoms with Crippen LogP contribution in [0, 0.1) is 0 Å². The molecule has 14 heteroatoms. The molecule has 34 heavy (non-hydrogen) atoms. The lowest BCUT2D eigenvalue weighted by Crippen LogP contribution is -2.40. The Balaban J connectivity index is 1.86. The number of carbonyl (C=O) groups is 1. The van der Waals surface area contributed by atoms with Gasteiger partial charge in [0, 0.05) is 18.8 Å². The third-order valence-corrected chi connectivity index (χ3v) is 8.71. The molecule has 0 radical (unpaired) electrons. The van der Waals surface area contributed by atoms with Crippen LogP contribution in [0.4, 0.5) is 11.4 Å². The molecular weight excluding hydrogens is 529 g/mol. The Labute approximate surface area is 208 Å². The minimum absolute atomic E-state index is 0.109. The molecule has 0 aliphatic carbocycles. The van der Waals surface area contributed by atoms with Gasteiger partial charge in [-0.15, -0.1) is 0 Å². The highest BCUT2D eigenvalue weighted by molar-refractivity contribution is 7.92. The molecule has 1 fully saturated rings. The van der Waals surface area contributed by atoms with Crippen LogP contribution in [0.1, 0.15) is 0 Å². The van der Waals surface area contributed by atoms with Gasteiger partial charge in [-0.05, 0) is 36.4 Å². The van der Waals surface area contributed by atoms with E-state index in [-0.39, 0.29) is 58.4 Å². The predicted octanol–water partition coefficient (Wildman–Crippen LogP) is 2.43. The predicted molar refractivity (Wildman–Crippen MR) is 130 cm³/mol. The fourth-order valence-corrected chi connectivity index (χ4v) is 5.98. The Kier molecular flexibility index (Phi) is 8.32. The van der Waals surface area contributed by atoms with Crippen molar-refractivity contribution < 1.29 is 31.1 Å². The Bertz CT molecular complexity index is 1280. The molecule has 0 saturated carbocycles. The summed E-state index contributed by atoms with van der Waals surface area (Å²) in [6.45, 7) is 0.348. The van der Waals surface area contributed by atoms with Crippen molar-refractivity contribution >= 4 is 60.5 Å². The van der Waals surface area contributed by atoms with E-state index in [4.69, 9.17) is 32.7 Å². The second-order valence-electron chi connectivity index (χ2n) is 7.30. The molecule has 10 nitrogen and oxygen atoms in total. The molecule has 1 N–H and O–H groups in total. The van der Waals surface area contributed by atoms with Crippen LogP contribution in [0.5, 0.6) is 5.75 Å². The quantitative estimate of drug-likeness (QED) is 0.534. The summed E-state index contributed by atoms with van der Waals surface area (Å²) in [7, 11) is -6.43. The minimum atomic E-state index is -3.92. The lowest BCUT2D eigenvalue weighted by atomic mass is 10.3. The van der Waals surface area contributed by atoms with E-state index in [1.807, 2.05) is 0 Å². The molecule has 0 spiro atoms. The number of nitrogens with zero attached hydrogens (tertiary/aromatic N) is 2. The zero-order valence-corrected chi connectivity index (χ0v) is 21.5. The standard InChI is InChI=1S/C20H23Cl2N3O7S2/c1-31-18-6-3-14(11-19(18)34(29,30)24-7-9-32-10-8-24)23-20(26)13-25(33(2,27)28)15-4-5-16(21)17(22)12-15/h3-6,11-12H,7-10,13H2,1-2H3,(H,23,26). The lowest BCUT2D eigenvalue weighted by molar-refractivity contribution is -0.114. The second-order valence-corrected chi connectivity index (χ2v) is 11.9. The summed E-state index contributed by atoms with van der Waals surface area (Å²) in [6.07, 6.45) is 0.948. The van der Waals surface area contributed by atoms with Gasteiger partial charge in [0.2, 0.25) is 26.0 Å². The van der Waals surface area contributed by atoms with E-state index in [9.17, 15) is 21.6 Å². The van der Waals surface area contributed by atoms with E-state index in [0.29, 0.717) is 0 Å². The van der Waals surface area contributed by atoms with Crippen LogP contribution < -0.4 is 14.4 Å². The van der Waals surface area contributed by atoms with E-state index in [1.54, 1.807) is 0 Å². The van der Waals surface area contributed by atoms with Crippen LogP contribution in [0.15, 0.2) is 41.3 Å². The Hall–Kier alpha value is -2.09. The first-order valence-electron chi connectivity index (χ1n) is 9.92. The number of hydrogen-bond acceptors (Lipinski definition) is 7. The molecule has 1 saturated heterocycles. The first-order valence-corrected chi connectivity index (χ1v) is 14.0. The number of carbonyl (C=O) groups excluding carboxylic acids is 1. The van der Waals surface area contributed by atoms with E-state index < -0.39 is 32.5 Å². The summed E-state index contributed by atoms with van der Waals surface area (Å²) in [6, 6.07) is 8.31. The Morgan fingerprint density at radius 3 is 2.35 bits per heavy atom. The average Bonchev–Trinajstić information content (AvgIpc) is 2.79. The summed E-state index contributed by atoms with van der Waals surface area (Å²) in [5, 5.41) is 2.90. The van der Waals surface area contributed by atoms with Gasteiger partial charge in [0.1, 0.15) is 17.2 Å². The monoisotopic (exact) mass is 551 g/mol. The molecule has 186 valence electrons. The summed E-state index contributed by atoms with van der Waals surface area (Å²) in [5.74, 6) is -0.588. The number of benzene rings is 2. The molecule has 0 aromatic heterocycles. The topological polar surface area (TPSA) is 122 Å². The normalized spacial score (nSPS) is 15.1. The highest BCUT2D eigenvalue weighted by Crippen LogP contribution is 2.31. The summed E-state index contributed by atoms with van der Waals surface area (Å²) in [5.41, 5.74) is 0.303. The number of amides is 1. The second kappa shape index (κ2) is 10.7. The maximum Gasteiger partial charge on any atom is 0.246 e. The molecule has 1 heterocycles. The average molecular weight is 552 g/mol. The van der Waals surface area contributed by atoms with Gasteiger partial charge < -0.3 is 14.8 Å². The van der Waals surface area contributed by atoms with Gasteiger partial charge in [0.25, 0.3) is 0 Å². The van der Waals surface area contributed by atoms with Crippen molar-refractivity contribution in [2.75, 3.05) is 55.8 Å². The van der Waals surface area contributed by atoms with Crippen molar-refractivity contribution in [3.8, 4) is 5.75 Å². The number of anilines is 2. The van der Waals surface area contributed by atoms with Crippen LogP contribution in [0.3, 0.4) is 0 Å². The number of ether oxygens (including phenoxy) is 2. The van der Waals surface area contributed by atoms with Crippen molar-refractivity contribution in [1.82, 2.24) is 4.31 Å². The smallest absolute Gasteiger partial charge is 0.246 e. The number of sulfonamides is 2. The highest BCUT2D eigenvalue weighted by Gasteiger charge is 2.30. The van der Waals surface area contributed by atoms with Gasteiger partial charge >= 0.3 is 0 Å². The van der Waals surface area contributed by atoms with Crippen molar-refractivity contribution in [2.24, 2.45) is 0 Å². The number of nitrogens with one attached hydrogen (secondary N) is 1. The summed E-state index contributed by atoms with van der Waals surface area (Å²) < 4.78 is 63.4. The van der Waals surface area contributed by atoms with Crippen LogP contribution in [0.2, 0.25) is 10.0 Å². The maximum absolute atomic E-state index is 13.1. The van der Waals surface area contributed by atoms with Crippen LogP contribution in [0.25, 0.3) is 0 Å². The fourth-order valence-electron chi connectivity index (χ4n) is 3.25. The molecule has 0 bridgehead atoms. The van der Waals surface area contributed by atoms with Gasteiger partial charge in [-0.2, -0.15) is 4.31 Å². The molecule has 2 aromatic rings. The molecule has 1 aliphatic rings. The molecular formula is C20H23Cl2N3O7S2. The lowest BCUT2D eigenvalue weighted by Gasteiger charge is -2.27. The first-order chi connectivity index (χ1) is 15.9. The molecule has 0 atom stereocenters. The van der Waals surface area contributed by atoms with E-state index >= 15 is 0 Å². The molecule has 1 amide bonds. The summed E-state index contributed by atoms with van der Waals surface area (Å²) >= 11 is 11.9. The largest absolute Gasteiger partial charge is 0.495 e. The summed E-state index contributed by atoms with van der Waals surface area (Å²) in [4.78, 5) is 12.6. The number of rotatable bonds is 8. The zero-order chi connectivity index (χ0) is 25.1. The first kappa shape index (κ1) is 26.5. The Morgan fingerprint density at radius 1 is 1.09 bits per heavy atom. The van der Waals surface area contributed by atoms with Gasteiger partial charge in [-0.25, -0.2) is 16.8 Å². The number of methoxy groups -OCH3 is 1.